The first-order valence-corrected chi connectivity index (χ1v) is 4.63. The summed E-state index contributed by atoms with van der Waals surface area (Å²) in [6.07, 6.45) is 2.95. The number of methoxy groups -OCH3 is 1. The second kappa shape index (κ2) is 5.00. The number of carbonyl (C=O) groups is 1. The zero-order valence-corrected chi connectivity index (χ0v) is 7.76. The van der Waals surface area contributed by atoms with Gasteiger partial charge in [-0.1, -0.05) is 0 Å². The molecule has 0 aliphatic rings. The molecule has 0 aromatic carbocycles. The first-order chi connectivity index (χ1) is 5.84. The maximum Gasteiger partial charge on any atom is 0.174 e. The van der Waals surface area contributed by atoms with Gasteiger partial charge in [-0.3, -0.25) is 9.78 Å². The summed E-state index contributed by atoms with van der Waals surface area (Å²) in [4.78, 5) is 15.9. The molecule has 1 aromatic rings. The van der Waals surface area contributed by atoms with Crippen LogP contribution in [0.25, 0.3) is 0 Å². The topological polar surface area (TPSA) is 39.2 Å². The Morgan fingerprint density at radius 3 is 3.17 bits per heavy atom. The van der Waals surface area contributed by atoms with E-state index in [1.165, 1.54) is 11.3 Å². The molecular weight excluding hydrogens is 174 g/mol. The second-order valence-electron chi connectivity index (χ2n) is 2.39. The average Bonchev–Trinajstić information content (AvgIpc) is 2.56. The van der Waals surface area contributed by atoms with Crippen molar-refractivity contribution < 1.29 is 9.53 Å². The number of hydrogen-bond donors (Lipinski definition) is 0. The molecule has 66 valence electrons. The van der Waals surface area contributed by atoms with Gasteiger partial charge in [0.25, 0.3) is 0 Å². The minimum Gasteiger partial charge on any atom is -0.385 e. The molecule has 0 radical (unpaired) electrons. The molecular formula is C8H11NO2S. The highest BCUT2D eigenvalue weighted by Crippen LogP contribution is 2.09. The summed E-state index contributed by atoms with van der Waals surface area (Å²) in [7, 11) is 1.64. The lowest BCUT2D eigenvalue weighted by atomic mass is 10.2. The van der Waals surface area contributed by atoms with E-state index in [9.17, 15) is 4.79 Å². The Kier molecular flexibility index (Phi) is 3.90. The predicted octanol–water partition coefficient (Wildman–Crippen LogP) is 1.75. The molecule has 1 rings (SSSR count). The molecule has 1 heterocycles. The molecule has 0 bridgehead atoms. The van der Waals surface area contributed by atoms with Crippen LogP contribution in [0.2, 0.25) is 0 Å². The molecule has 0 N–H and O–H groups in total. The zero-order chi connectivity index (χ0) is 8.81. The molecule has 0 saturated heterocycles. The van der Waals surface area contributed by atoms with Crippen LogP contribution in [-0.2, 0) is 4.74 Å². The maximum absolute atomic E-state index is 11.3. The number of aromatic nitrogens is 1. The molecule has 0 saturated carbocycles. The molecule has 1 aromatic heterocycles. The minimum atomic E-state index is 0.162. The highest BCUT2D eigenvalue weighted by atomic mass is 32.1. The first-order valence-electron chi connectivity index (χ1n) is 3.75. The van der Waals surface area contributed by atoms with Crippen molar-refractivity contribution in [2.24, 2.45) is 0 Å². The molecule has 12 heavy (non-hydrogen) atoms. The van der Waals surface area contributed by atoms with Crippen molar-refractivity contribution in [3.05, 3.63) is 16.6 Å². The van der Waals surface area contributed by atoms with Gasteiger partial charge in [-0.2, -0.15) is 0 Å². The largest absolute Gasteiger partial charge is 0.385 e. The molecule has 0 aliphatic heterocycles. The third kappa shape index (κ3) is 2.71. The fourth-order valence-electron chi connectivity index (χ4n) is 0.854. The van der Waals surface area contributed by atoms with E-state index in [0.29, 0.717) is 13.0 Å². The summed E-state index contributed by atoms with van der Waals surface area (Å²) in [6.45, 7) is 0.643. The van der Waals surface area contributed by atoms with Crippen molar-refractivity contribution in [1.29, 1.82) is 0 Å². The Balaban J connectivity index is 2.30. The highest BCUT2D eigenvalue weighted by Gasteiger charge is 2.05. The van der Waals surface area contributed by atoms with Gasteiger partial charge in [0.1, 0.15) is 0 Å². The van der Waals surface area contributed by atoms with E-state index >= 15 is 0 Å². The van der Waals surface area contributed by atoms with Gasteiger partial charge in [0, 0.05) is 26.3 Å². The summed E-state index contributed by atoms with van der Waals surface area (Å²) in [5.74, 6) is 0.162. The third-order valence-electron chi connectivity index (χ3n) is 1.46. The number of hydrogen-bond acceptors (Lipinski definition) is 4. The quantitative estimate of drug-likeness (QED) is 0.518. The fraction of sp³-hybridized carbons (Fsp3) is 0.500. The van der Waals surface area contributed by atoms with E-state index in [2.05, 4.69) is 4.98 Å². The lowest BCUT2D eigenvalue weighted by Gasteiger charge is -1.96. The van der Waals surface area contributed by atoms with Gasteiger partial charge < -0.3 is 4.74 Å². The Hall–Kier alpha value is -0.740. The molecule has 0 amide bonds. The van der Waals surface area contributed by atoms with Gasteiger partial charge in [-0.15, -0.1) is 11.3 Å². The van der Waals surface area contributed by atoms with E-state index in [-0.39, 0.29) is 5.78 Å². The molecule has 3 nitrogen and oxygen atoms in total. The number of carbonyl (C=O) groups excluding carboxylic acids is 1. The number of nitrogens with zero attached hydrogens (tertiary/aromatic N) is 1. The van der Waals surface area contributed by atoms with Gasteiger partial charge in [-0.25, -0.2) is 0 Å². The summed E-state index contributed by atoms with van der Waals surface area (Å²) in [6, 6.07) is 0. The van der Waals surface area contributed by atoms with Crippen LogP contribution < -0.4 is 0 Å². The van der Waals surface area contributed by atoms with Crippen LogP contribution in [0.4, 0.5) is 0 Å². The zero-order valence-electron chi connectivity index (χ0n) is 6.95. The van der Waals surface area contributed by atoms with Crippen LogP contribution >= 0.6 is 11.3 Å². The Morgan fingerprint density at radius 1 is 1.75 bits per heavy atom. The first kappa shape index (κ1) is 9.35. The van der Waals surface area contributed by atoms with E-state index in [1.54, 1.807) is 18.8 Å². The molecule has 0 unspecified atom stereocenters. The molecule has 0 aliphatic carbocycles. The summed E-state index contributed by atoms with van der Waals surface area (Å²) in [5.41, 5.74) is 1.67. The summed E-state index contributed by atoms with van der Waals surface area (Å²) < 4.78 is 4.85. The Bertz CT molecular complexity index is 233. The number of Topliss-reactive ketones (excluding diaryl/α,β-unsaturated/α-hetero) is 1. The molecule has 0 fully saturated rings. The van der Waals surface area contributed by atoms with E-state index < -0.39 is 0 Å². The van der Waals surface area contributed by atoms with Crippen LogP contribution in [0.3, 0.4) is 0 Å². The third-order valence-corrected chi connectivity index (χ3v) is 2.27. The highest BCUT2D eigenvalue weighted by molar-refractivity contribution is 7.11. The molecule has 4 heteroatoms. The van der Waals surface area contributed by atoms with Crippen LogP contribution in [0.5, 0.6) is 0 Å². The van der Waals surface area contributed by atoms with E-state index in [1.807, 2.05) is 0 Å². The van der Waals surface area contributed by atoms with Crippen molar-refractivity contribution >= 4 is 17.1 Å². The lowest BCUT2D eigenvalue weighted by molar-refractivity contribution is 0.0967. The van der Waals surface area contributed by atoms with Crippen molar-refractivity contribution in [1.82, 2.24) is 4.98 Å². The van der Waals surface area contributed by atoms with Crippen molar-refractivity contribution in [3.63, 3.8) is 0 Å². The van der Waals surface area contributed by atoms with E-state index in [4.69, 9.17) is 4.74 Å². The summed E-state index contributed by atoms with van der Waals surface area (Å²) in [5, 5.41) is 0. The normalized spacial score (nSPS) is 10.1. The monoisotopic (exact) mass is 185 g/mol. The van der Waals surface area contributed by atoms with Gasteiger partial charge >= 0.3 is 0 Å². The number of rotatable bonds is 5. The molecule has 0 atom stereocenters. The van der Waals surface area contributed by atoms with Gasteiger partial charge in [-0.05, 0) is 6.42 Å². The lowest BCUT2D eigenvalue weighted by Crippen LogP contribution is -1.98. The van der Waals surface area contributed by atoms with Crippen molar-refractivity contribution in [2.45, 2.75) is 12.8 Å². The maximum atomic E-state index is 11.3. The predicted molar refractivity (Wildman–Crippen MR) is 47.6 cm³/mol. The van der Waals surface area contributed by atoms with Crippen LogP contribution in [-0.4, -0.2) is 24.5 Å². The molecule has 0 spiro atoms. The Labute approximate surface area is 75.4 Å². The van der Waals surface area contributed by atoms with Gasteiger partial charge in [0.2, 0.25) is 0 Å². The van der Waals surface area contributed by atoms with Crippen LogP contribution in [0.1, 0.15) is 22.5 Å². The Morgan fingerprint density at radius 2 is 2.58 bits per heavy atom. The van der Waals surface area contributed by atoms with Crippen LogP contribution in [0.15, 0.2) is 11.7 Å². The standard InChI is InChI=1S/C8H11NO2S/c1-11-4-2-3-7(10)8-5-9-6-12-8/h5-6H,2-4H2,1H3. The summed E-state index contributed by atoms with van der Waals surface area (Å²) >= 11 is 1.39. The SMILES string of the molecule is COCCCC(=O)c1cncs1. The fourth-order valence-corrected chi connectivity index (χ4v) is 1.44. The number of thiazole rings is 1. The average molecular weight is 185 g/mol. The number of ketones is 1. The second-order valence-corrected chi connectivity index (χ2v) is 3.27. The van der Waals surface area contributed by atoms with Crippen molar-refractivity contribution in [2.75, 3.05) is 13.7 Å². The van der Waals surface area contributed by atoms with E-state index in [0.717, 1.165) is 11.3 Å². The van der Waals surface area contributed by atoms with Gasteiger partial charge in [0.15, 0.2) is 5.78 Å². The van der Waals surface area contributed by atoms with Crippen LogP contribution in [0, 0.1) is 0 Å². The minimum absolute atomic E-state index is 0.162. The number of ether oxygens (including phenoxy) is 1. The van der Waals surface area contributed by atoms with Gasteiger partial charge in [0.05, 0.1) is 10.4 Å². The smallest absolute Gasteiger partial charge is 0.174 e. The van der Waals surface area contributed by atoms with Crippen molar-refractivity contribution in [3.8, 4) is 0 Å².